The molecule has 0 aromatic heterocycles. The molecule has 0 radical (unpaired) electrons. The molecule has 0 spiro atoms. The quantitative estimate of drug-likeness (QED) is 0.669. The first-order valence-corrected chi connectivity index (χ1v) is 10.1. The highest BCUT2D eigenvalue weighted by Gasteiger charge is 2.21. The second kappa shape index (κ2) is 9.99. The number of amides is 2. The van der Waals surface area contributed by atoms with Crippen LogP contribution in [0.25, 0.3) is 0 Å². The van der Waals surface area contributed by atoms with Crippen LogP contribution in [0.2, 0.25) is 0 Å². The first kappa shape index (κ1) is 20.0. The fourth-order valence-electron chi connectivity index (χ4n) is 3.33. The highest BCUT2D eigenvalue weighted by Crippen LogP contribution is 2.23. The molecule has 0 unspecified atom stereocenters. The molecule has 3 rings (SSSR count). The molecule has 6 heteroatoms. The number of rotatable bonds is 5. The average molecular weight is 396 g/mol. The van der Waals surface area contributed by atoms with Crippen LogP contribution in [0.3, 0.4) is 0 Å². The van der Waals surface area contributed by atoms with Gasteiger partial charge in [-0.15, -0.1) is 0 Å². The lowest BCUT2D eigenvalue weighted by Gasteiger charge is -2.21. The molecule has 0 saturated heterocycles. The van der Waals surface area contributed by atoms with Crippen LogP contribution in [-0.2, 0) is 11.3 Å². The lowest BCUT2D eigenvalue weighted by atomic mass is 9.89. The maximum atomic E-state index is 12.3. The summed E-state index contributed by atoms with van der Waals surface area (Å²) in [6.07, 6.45) is 5.28. The summed E-state index contributed by atoms with van der Waals surface area (Å²) in [5.41, 5.74) is 2.35. The summed E-state index contributed by atoms with van der Waals surface area (Å²) in [6.45, 7) is 0.483. The zero-order valence-electron chi connectivity index (χ0n) is 15.7. The normalized spacial score (nSPS) is 14.1. The number of anilines is 1. The van der Waals surface area contributed by atoms with Gasteiger partial charge in [-0.1, -0.05) is 49.6 Å². The van der Waals surface area contributed by atoms with Gasteiger partial charge in [0.2, 0.25) is 5.91 Å². The summed E-state index contributed by atoms with van der Waals surface area (Å²) in [5.74, 6) is -0.0816. The minimum atomic E-state index is -0.136. The number of carbonyl (C=O) groups is 2. The maximum absolute atomic E-state index is 12.3. The van der Waals surface area contributed by atoms with E-state index in [1.165, 1.54) is 6.42 Å². The first-order chi connectivity index (χ1) is 13.6. The molecule has 1 fully saturated rings. The van der Waals surface area contributed by atoms with E-state index in [9.17, 15) is 9.59 Å². The van der Waals surface area contributed by atoms with Crippen molar-refractivity contribution < 1.29 is 9.59 Å². The van der Waals surface area contributed by atoms with Crippen molar-refractivity contribution in [1.82, 2.24) is 10.6 Å². The van der Waals surface area contributed by atoms with Crippen molar-refractivity contribution in [3.05, 3.63) is 65.7 Å². The third-order valence-corrected chi connectivity index (χ3v) is 5.12. The Morgan fingerprint density at radius 1 is 0.929 bits per heavy atom. The van der Waals surface area contributed by atoms with Crippen LogP contribution in [0, 0.1) is 5.92 Å². The number of nitrogens with one attached hydrogen (secondary N) is 3. The van der Waals surface area contributed by atoms with Gasteiger partial charge in [0, 0.05) is 23.7 Å². The van der Waals surface area contributed by atoms with Gasteiger partial charge in [-0.05, 0) is 54.9 Å². The average Bonchev–Trinajstić information content (AvgIpc) is 2.74. The Bertz CT molecular complexity index is 815. The summed E-state index contributed by atoms with van der Waals surface area (Å²) in [4.78, 5) is 24.5. The number of benzene rings is 2. The van der Waals surface area contributed by atoms with E-state index < -0.39 is 0 Å². The van der Waals surface area contributed by atoms with E-state index in [-0.39, 0.29) is 22.8 Å². The molecular weight excluding hydrogens is 370 g/mol. The largest absolute Gasteiger partial charge is 0.348 e. The van der Waals surface area contributed by atoms with Gasteiger partial charge >= 0.3 is 0 Å². The van der Waals surface area contributed by atoms with Crippen LogP contribution < -0.4 is 16.0 Å². The third kappa shape index (κ3) is 5.89. The molecule has 2 amide bonds. The van der Waals surface area contributed by atoms with E-state index in [1.54, 1.807) is 24.3 Å². The minimum absolute atomic E-state index is 0.00545. The van der Waals surface area contributed by atoms with Crippen molar-refractivity contribution in [1.29, 1.82) is 0 Å². The van der Waals surface area contributed by atoms with E-state index in [0.717, 1.165) is 36.9 Å². The Kier molecular flexibility index (Phi) is 7.14. The molecular formula is C22H25N3O2S. The maximum Gasteiger partial charge on any atom is 0.251 e. The fourth-order valence-corrected chi connectivity index (χ4v) is 3.54. The molecule has 146 valence electrons. The molecule has 5 nitrogen and oxygen atoms in total. The van der Waals surface area contributed by atoms with Gasteiger partial charge in [-0.25, -0.2) is 0 Å². The summed E-state index contributed by atoms with van der Waals surface area (Å²) >= 11 is 5.24. The highest BCUT2D eigenvalue weighted by atomic mass is 32.1. The molecule has 1 aliphatic carbocycles. The van der Waals surface area contributed by atoms with Crippen LogP contribution in [0.5, 0.6) is 0 Å². The summed E-state index contributed by atoms with van der Waals surface area (Å²) in [6, 6.07) is 16.8. The summed E-state index contributed by atoms with van der Waals surface area (Å²) < 4.78 is 0. The molecule has 1 saturated carbocycles. The Labute approximate surface area is 170 Å². The summed E-state index contributed by atoms with van der Waals surface area (Å²) in [5, 5.41) is 8.96. The molecule has 28 heavy (non-hydrogen) atoms. The van der Waals surface area contributed by atoms with E-state index in [0.29, 0.717) is 12.1 Å². The van der Waals surface area contributed by atoms with Gasteiger partial charge in [0.25, 0.3) is 5.91 Å². The molecule has 2 aromatic rings. The molecule has 0 bridgehead atoms. The van der Waals surface area contributed by atoms with Crippen molar-refractivity contribution in [3.63, 3.8) is 0 Å². The van der Waals surface area contributed by atoms with Gasteiger partial charge in [0.15, 0.2) is 5.11 Å². The van der Waals surface area contributed by atoms with Crippen LogP contribution in [0.1, 0.15) is 48.0 Å². The molecule has 3 N–H and O–H groups in total. The highest BCUT2D eigenvalue weighted by molar-refractivity contribution is 7.80. The monoisotopic (exact) mass is 395 g/mol. The Morgan fingerprint density at radius 2 is 1.61 bits per heavy atom. The Balaban J connectivity index is 1.47. The van der Waals surface area contributed by atoms with E-state index in [2.05, 4.69) is 16.0 Å². The molecule has 0 aliphatic heterocycles. The summed E-state index contributed by atoms with van der Waals surface area (Å²) in [7, 11) is 0. The number of thiocarbonyl (C=S) groups is 1. The van der Waals surface area contributed by atoms with Crippen molar-refractivity contribution in [2.24, 2.45) is 5.92 Å². The van der Waals surface area contributed by atoms with Gasteiger partial charge < -0.3 is 16.0 Å². The predicted molar refractivity (Wildman–Crippen MR) is 115 cm³/mol. The molecule has 1 aliphatic rings. The van der Waals surface area contributed by atoms with Crippen molar-refractivity contribution in [2.75, 3.05) is 5.32 Å². The second-order valence-electron chi connectivity index (χ2n) is 7.02. The van der Waals surface area contributed by atoms with Gasteiger partial charge in [-0.3, -0.25) is 9.59 Å². The SMILES string of the molecule is O=C(NCc1ccccc1)c1ccc(NC(=S)NC(=O)C2CCCCC2)cc1. The van der Waals surface area contributed by atoms with E-state index in [1.807, 2.05) is 30.3 Å². The Hall–Kier alpha value is -2.73. The number of hydrogen-bond donors (Lipinski definition) is 3. The third-order valence-electron chi connectivity index (χ3n) is 4.91. The van der Waals surface area contributed by atoms with Crippen molar-refractivity contribution in [3.8, 4) is 0 Å². The van der Waals surface area contributed by atoms with Crippen LogP contribution in [0.15, 0.2) is 54.6 Å². The molecule has 0 atom stereocenters. The minimum Gasteiger partial charge on any atom is -0.348 e. The first-order valence-electron chi connectivity index (χ1n) is 9.66. The van der Waals surface area contributed by atoms with E-state index >= 15 is 0 Å². The van der Waals surface area contributed by atoms with Crippen LogP contribution in [0.4, 0.5) is 5.69 Å². The predicted octanol–water partition coefficient (Wildman–Crippen LogP) is 4.01. The van der Waals surface area contributed by atoms with Crippen LogP contribution >= 0.6 is 12.2 Å². The molecule has 2 aromatic carbocycles. The lowest BCUT2D eigenvalue weighted by molar-refractivity contribution is -0.124. The van der Waals surface area contributed by atoms with Gasteiger partial charge in [0.1, 0.15) is 0 Å². The number of carbonyl (C=O) groups excluding carboxylic acids is 2. The Morgan fingerprint density at radius 3 is 2.29 bits per heavy atom. The van der Waals surface area contributed by atoms with Gasteiger partial charge in [-0.2, -0.15) is 0 Å². The van der Waals surface area contributed by atoms with Crippen LogP contribution in [-0.4, -0.2) is 16.9 Å². The smallest absolute Gasteiger partial charge is 0.251 e. The number of hydrogen-bond acceptors (Lipinski definition) is 3. The topological polar surface area (TPSA) is 70.2 Å². The fraction of sp³-hybridized carbons (Fsp3) is 0.318. The molecule has 0 heterocycles. The van der Waals surface area contributed by atoms with E-state index in [4.69, 9.17) is 12.2 Å². The second-order valence-corrected chi connectivity index (χ2v) is 7.43. The van der Waals surface area contributed by atoms with Crippen molar-refractivity contribution >= 4 is 34.8 Å². The van der Waals surface area contributed by atoms with Gasteiger partial charge in [0.05, 0.1) is 0 Å². The lowest BCUT2D eigenvalue weighted by Crippen LogP contribution is -2.39. The standard InChI is InChI=1S/C22H25N3O2S/c26-20(23-15-16-7-3-1-4-8-16)18-11-13-19(14-12-18)24-22(28)25-21(27)17-9-5-2-6-10-17/h1,3-4,7-8,11-14,17H,2,5-6,9-10,15H2,(H,23,26)(H2,24,25,27,28). The zero-order valence-corrected chi connectivity index (χ0v) is 16.6. The van der Waals surface area contributed by atoms with Crippen molar-refractivity contribution in [2.45, 2.75) is 38.6 Å². The zero-order chi connectivity index (χ0) is 19.8.